The second kappa shape index (κ2) is 10.4. The topological polar surface area (TPSA) is 45.2 Å². The highest BCUT2D eigenvalue weighted by Crippen LogP contribution is 2.52. The first-order valence-electron chi connectivity index (χ1n) is 12.7. The average molecular weight is 526 g/mol. The van der Waals surface area contributed by atoms with E-state index >= 15 is 4.39 Å². The molecule has 1 aromatic heterocycles. The minimum Gasteiger partial charge on any atom is -0.399 e. The van der Waals surface area contributed by atoms with Gasteiger partial charge in [-0.3, -0.25) is 9.80 Å². The zero-order valence-electron chi connectivity index (χ0n) is 20.4. The number of halogens is 2. The fourth-order valence-electron chi connectivity index (χ4n) is 5.67. The van der Waals surface area contributed by atoms with Gasteiger partial charge in [-0.1, -0.05) is 12.1 Å². The van der Waals surface area contributed by atoms with Gasteiger partial charge in [-0.15, -0.1) is 11.3 Å². The normalized spacial score (nSPS) is 23.1. The van der Waals surface area contributed by atoms with Crippen LogP contribution in [0.1, 0.15) is 5.56 Å². The predicted molar refractivity (Wildman–Crippen MR) is 139 cm³/mol. The van der Waals surface area contributed by atoms with Gasteiger partial charge in [0.1, 0.15) is 11.6 Å². The van der Waals surface area contributed by atoms with Crippen LogP contribution in [0.4, 0.5) is 25.0 Å². The van der Waals surface area contributed by atoms with Crippen LogP contribution >= 0.6 is 11.3 Å². The quantitative estimate of drug-likeness (QED) is 0.422. The summed E-state index contributed by atoms with van der Waals surface area (Å²) in [7, 11) is 0. The number of amides is 1. The van der Waals surface area contributed by atoms with Crippen molar-refractivity contribution in [3.8, 4) is 5.06 Å². The number of morpholine rings is 1. The third-order valence-corrected chi connectivity index (χ3v) is 8.40. The van der Waals surface area contributed by atoms with E-state index in [0.717, 1.165) is 25.2 Å². The Balaban J connectivity index is 1.14. The molecule has 37 heavy (non-hydrogen) atoms. The summed E-state index contributed by atoms with van der Waals surface area (Å²) in [6, 6.07) is 15.2. The molecule has 2 unspecified atom stereocenters. The van der Waals surface area contributed by atoms with E-state index in [9.17, 15) is 9.18 Å². The molecular formula is C28H29F2N3O3S. The van der Waals surface area contributed by atoms with Gasteiger partial charge >= 0.3 is 6.09 Å². The molecule has 2 atom stereocenters. The predicted octanol–water partition coefficient (Wildman–Crippen LogP) is 5.25. The molecule has 0 bridgehead atoms. The Morgan fingerprint density at radius 2 is 1.81 bits per heavy atom. The number of nitrogens with zero attached hydrogens (tertiary/aromatic N) is 3. The second-order valence-corrected chi connectivity index (χ2v) is 10.9. The third kappa shape index (κ3) is 5.35. The summed E-state index contributed by atoms with van der Waals surface area (Å²) in [4.78, 5) is 19.2. The van der Waals surface area contributed by atoms with Crippen molar-refractivity contribution in [2.75, 3.05) is 55.7 Å². The fraction of sp³-hybridized carbons (Fsp3) is 0.393. The Kier molecular flexibility index (Phi) is 6.84. The van der Waals surface area contributed by atoms with Gasteiger partial charge in [0.05, 0.1) is 24.6 Å². The molecule has 0 radical (unpaired) electrons. The van der Waals surface area contributed by atoms with Crippen molar-refractivity contribution in [2.24, 2.45) is 17.8 Å². The molecule has 3 aromatic rings. The number of rotatable bonds is 7. The van der Waals surface area contributed by atoms with Crippen molar-refractivity contribution in [3.63, 3.8) is 0 Å². The van der Waals surface area contributed by atoms with Gasteiger partial charge in [0.15, 0.2) is 5.06 Å². The first-order valence-corrected chi connectivity index (χ1v) is 13.5. The van der Waals surface area contributed by atoms with Gasteiger partial charge in [-0.05, 0) is 71.2 Å². The zero-order valence-corrected chi connectivity index (χ0v) is 21.2. The Morgan fingerprint density at radius 3 is 2.49 bits per heavy atom. The van der Waals surface area contributed by atoms with Crippen molar-refractivity contribution in [2.45, 2.75) is 6.54 Å². The summed E-state index contributed by atoms with van der Waals surface area (Å²) < 4.78 is 39.5. The average Bonchev–Trinajstić information content (AvgIpc) is 3.24. The van der Waals surface area contributed by atoms with E-state index in [1.54, 1.807) is 17.0 Å². The van der Waals surface area contributed by atoms with Gasteiger partial charge in [0.2, 0.25) is 0 Å². The molecule has 3 aliphatic rings. The number of thiophene rings is 1. The third-order valence-electron chi connectivity index (χ3n) is 7.66. The van der Waals surface area contributed by atoms with Gasteiger partial charge in [-0.25, -0.2) is 13.6 Å². The molecule has 2 aliphatic heterocycles. The number of piperidine rings is 1. The van der Waals surface area contributed by atoms with Crippen molar-refractivity contribution >= 4 is 28.8 Å². The molecule has 2 saturated heterocycles. The SMILES string of the molecule is O=C(Oc1cccs1)N(CC1C2CN(Cc3ccc(F)cc3)CC21)c1ccc(N2CCOCC2)c(F)c1. The number of likely N-dealkylation sites (tertiary alicyclic amines) is 1. The van der Waals surface area contributed by atoms with Gasteiger partial charge in [-0.2, -0.15) is 0 Å². The van der Waals surface area contributed by atoms with Crippen molar-refractivity contribution in [1.29, 1.82) is 0 Å². The molecule has 9 heteroatoms. The Labute approximate surface area is 219 Å². The minimum absolute atomic E-state index is 0.225. The van der Waals surface area contributed by atoms with E-state index in [-0.39, 0.29) is 11.6 Å². The molecule has 3 fully saturated rings. The van der Waals surface area contributed by atoms with Crippen LogP contribution in [-0.4, -0.2) is 56.9 Å². The van der Waals surface area contributed by atoms with E-state index in [0.29, 0.717) is 67.0 Å². The number of hydrogen-bond donors (Lipinski definition) is 0. The molecular weight excluding hydrogens is 496 g/mol. The van der Waals surface area contributed by atoms with E-state index in [2.05, 4.69) is 4.90 Å². The second-order valence-electron chi connectivity index (χ2n) is 9.96. The summed E-state index contributed by atoms with van der Waals surface area (Å²) in [5.41, 5.74) is 2.12. The summed E-state index contributed by atoms with van der Waals surface area (Å²) in [5, 5.41) is 2.37. The highest BCUT2D eigenvalue weighted by Gasteiger charge is 2.56. The minimum atomic E-state index is -0.492. The summed E-state index contributed by atoms with van der Waals surface area (Å²) in [6.07, 6.45) is -0.492. The van der Waals surface area contributed by atoms with Gasteiger partial charge in [0.25, 0.3) is 0 Å². The Morgan fingerprint density at radius 1 is 1.05 bits per heavy atom. The van der Waals surface area contributed by atoms with Crippen LogP contribution < -0.4 is 14.5 Å². The highest BCUT2D eigenvalue weighted by atomic mass is 32.1. The first kappa shape index (κ1) is 24.3. The molecule has 1 aliphatic carbocycles. The molecule has 1 amide bonds. The lowest BCUT2D eigenvalue weighted by Crippen LogP contribution is -2.38. The van der Waals surface area contributed by atoms with Gasteiger partial charge < -0.3 is 14.4 Å². The summed E-state index contributed by atoms with van der Waals surface area (Å²) in [6.45, 7) is 5.57. The van der Waals surface area contributed by atoms with Crippen LogP contribution in [0.15, 0.2) is 60.0 Å². The van der Waals surface area contributed by atoms with Crippen LogP contribution in [0.3, 0.4) is 0 Å². The molecule has 2 aromatic carbocycles. The van der Waals surface area contributed by atoms with E-state index in [4.69, 9.17) is 9.47 Å². The van der Waals surface area contributed by atoms with Crippen LogP contribution in [0.25, 0.3) is 0 Å². The molecule has 6 rings (SSSR count). The Hall–Kier alpha value is -3.01. The number of anilines is 2. The monoisotopic (exact) mass is 525 g/mol. The van der Waals surface area contributed by atoms with Crippen molar-refractivity contribution < 1.29 is 23.0 Å². The zero-order chi connectivity index (χ0) is 25.4. The first-order chi connectivity index (χ1) is 18.0. The van der Waals surface area contributed by atoms with Crippen LogP contribution in [0, 0.1) is 29.4 Å². The molecule has 194 valence electrons. The lowest BCUT2D eigenvalue weighted by molar-refractivity contribution is 0.122. The van der Waals surface area contributed by atoms with E-state index in [1.165, 1.54) is 29.5 Å². The molecule has 1 saturated carbocycles. The lowest BCUT2D eigenvalue weighted by Gasteiger charge is -2.30. The number of fused-ring (bicyclic) bond motifs is 1. The van der Waals surface area contributed by atoms with Crippen LogP contribution in [0.2, 0.25) is 0 Å². The maximum absolute atomic E-state index is 15.2. The maximum atomic E-state index is 15.2. The highest BCUT2D eigenvalue weighted by molar-refractivity contribution is 7.11. The lowest BCUT2D eigenvalue weighted by atomic mass is 10.1. The molecule has 6 nitrogen and oxygen atoms in total. The summed E-state index contributed by atoms with van der Waals surface area (Å²) >= 11 is 1.35. The smallest absolute Gasteiger partial charge is 0.399 e. The van der Waals surface area contributed by atoms with Crippen LogP contribution in [0.5, 0.6) is 5.06 Å². The maximum Gasteiger partial charge on any atom is 0.420 e. The van der Waals surface area contributed by atoms with E-state index in [1.807, 2.05) is 34.5 Å². The van der Waals surface area contributed by atoms with Gasteiger partial charge in [0, 0.05) is 39.3 Å². The number of hydrogen-bond acceptors (Lipinski definition) is 6. The molecule has 0 N–H and O–H groups in total. The van der Waals surface area contributed by atoms with E-state index < -0.39 is 6.09 Å². The molecule has 0 spiro atoms. The van der Waals surface area contributed by atoms with Crippen molar-refractivity contribution in [1.82, 2.24) is 4.90 Å². The Bertz CT molecular complexity index is 1220. The largest absolute Gasteiger partial charge is 0.420 e. The van der Waals surface area contributed by atoms with Crippen LogP contribution in [-0.2, 0) is 11.3 Å². The number of benzene rings is 2. The number of ether oxygens (including phenoxy) is 2. The fourth-order valence-corrected chi connectivity index (χ4v) is 6.24. The standard InChI is InChI=1S/C28H29F2N3O3S/c29-20-5-3-19(4-6-20)15-31-16-22-23(17-31)24(22)18-33(28(34)36-27-2-1-13-37-27)21-7-8-26(25(30)14-21)32-9-11-35-12-10-32/h1-8,13-14,22-24H,9-12,15-18H2. The number of carbonyl (C=O) groups excluding carboxylic acids is 1. The van der Waals surface area contributed by atoms with Crippen molar-refractivity contribution in [3.05, 3.63) is 77.2 Å². The number of carbonyl (C=O) groups is 1. The summed E-state index contributed by atoms with van der Waals surface area (Å²) in [5.74, 6) is 0.721. The molecule has 3 heterocycles.